The molecule has 120 valence electrons. The maximum Gasteiger partial charge on any atom is 0.252 e. The summed E-state index contributed by atoms with van der Waals surface area (Å²) in [6.45, 7) is 6.54. The van der Waals surface area contributed by atoms with E-state index in [1.807, 2.05) is 13.1 Å². The first-order chi connectivity index (χ1) is 9.97. The van der Waals surface area contributed by atoms with Gasteiger partial charge >= 0.3 is 0 Å². The molecule has 1 saturated heterocycles. The molecule has 1 aliphatic heterocycles. The Labute approximate surface area is 132 Å². The van der Waals surface area contributed by atoms with E-state index in [1.54, 1.807) is 10.4 Å². The second kappa shape index (κ2) is 6.77. The van der Waals surface area contributed by atoms with Crippen LogP contribution in [0, 0.1) is 5.41 Å². The Balaban J connectivity index is 2.14. The Morgan fingerprint density at radius 2 is 2.05 bits per heavy atom. The first-order valence-corrected chi connectivity index (χ1v) is 9.96. The second-order valence-electron chi connectivity index (χ2n) is 5.87. The van der Waals surface area contributed by atoms with Crippen molar-refractivity contribution >= 4 is 21.4 Å². The van der Waals surface area contributed by atoms with E-state index in [0.717, 1.165) is 37.1 Å². The van der Waals surface area contributed by atoms with Crippen LogP contribution in [0.4, 0.5) is 0 Å². The predicted octanol–water partition coefficient (Wildman–Crippen LogP) is 2.71. The van der Waals surface area contributed by atoms with Crippen molar-refractivity contribution in [2.75, 3.05) is 26.7 Å². The lowest BCUT2D eigenvalue weighted by molar-refractivity contribution is 0.280. The van der Waals surface area contributed by atoms with Crippen LogP contribution in [0.2, 0.25) is 0 Å². The van der Waals surface area contributed by atoms with Crippen molar-refractivity contribution in [3.8, 4) is 0 Å². The van der Waals surface area contributed by atoms with Crippen LogP contribution in [0.1, 0.15) is 38.0 Å². The molecule has 6 heteroatoms. The van der Waals surface area contributed by atoms with Gasteiger partial charge in [0.2, 0.25) is 0 Å². The minimum atomic E-state index is -3.30. The van der Waals surface area contributed by atoms with E-state index in [1.165, 1.54) is 11.3 Å². The van der Waals surface area contributed by atoms with Crippen LogP contribution in [-0.4, -0.2) is 39.4 Å². The van der Waals surface area contributed by atoms with E-state index >= 15 is 0 Å². The Bertz CT molecular complexity index is 562. The van der Waals surface area contributed by atoms with E-state index in [4.69, 9.17) is 0 Å². The minimum Gasteiger partial charge on any atom is -0.319 e. The van der Waals surface area contributed by atoms with Crippen molar-refractivity contribution in [1.29, 1.82) is 0 Å². The third-order valence-electron chi connectivity index (χ3n) is 4.76. The zero-order valence-electron chi connectivity index (χ0n) is 13.2. The van der Waals surface area contributed by atoms with Crippen LogP contribution in [0.3, 0.4) is 0 Å². The fourth-order valence-corrected chi connectivity index (χ4v) is 6.00. The number of likely N-dealkylation sites (N-methyl/N-ethyl adjacent to an activating group) is 1. The molecule has 4 nitrogen and oxygen atoms in total. The number of rotatable bonds is 7. The Morgan fingerprint density at radius 1 is 1.33 bits per heavy atom. The molecule has 0 radical (unpaired) electrons. The largest absolute Gasteiger partial charge is 0.319 e. The third-order valence-corrected chi connectivity index (χ3v) is 8.21. The Morgan fingerprint density at radius 3 is 2.62 bits per heavy atom. The predicted molar refractivity (Wildman–Crippen MR) is 88.3 cm³/mol. The maximum atomic E-state index is 12.8. The first-order valence-electron chi connectivity index (χ1n) is 7.71. The average molecular weight is 331 g/mol. The van der Waals surface area contributed by atoms with Crippen LogP contribution in [0.5, 0.6) is 0 Å². The molecule has 0 aromatic carbocycles. The SMILES string of the molecule is CCC1(CC)CCN(S(=O)(=O)c2ccc(CCNC)s2)C1. The fourth-order valence-electron chi connectivity index (χ4n) is 2.93. The monoisotopic (exact) mass is 330 g/mol. The number of sulfonamides is 1. The molecule has 0 atom stereocenters. The summed E-state index contributed by atoms with van der Waals surface area (Å²) in [4.78, 5) is 1.12. The lowest BCUT2D eigenvalue weighted by Crippen LogP contribution is -2.31. The van der Waals surface area contributed by atoms with Gasteiger partial charge in [0, 0.05) is 18.0 Å². The molecule has 1 aliphatic rings. The van der Waals surface area contributed by atoms with Gasteiger partial charge in [0.15, 0.2) is 0 Å². The van der Waals surface area contributed by atoms with E-state index in [-0.39, 0.29) is 5.41 Å². The normalized spacial score (nSPS) is 19.2. The van der Waals surface area contributed by atoms with Gasteiger partial charge < -0.3 is 5.32 Å². The molecule has 0 amide bonds. The topological polar surface area (TPSA) is 49.4 Å². The summed E-state index contributed by atoms with van der Waals surface area (Å²) in [5.41, 5.74) is 0.180. The van der Waals surface area contributed by atoms with Crippen molar-refractivity contribution < 1.29 is 8.42 Å². The molecule has 0 bridgehead atoms. The molecule has 2 heterocycles. The summed E-state index contributed by atoms with van der Waals surface area (Å²) in [5, 5.41) is 3.09. The number of nitrogens with zero attached hydrogens (tertiary/aromatic N) is 1. The van der Waals surface area contributed by atoms with Gasteiger partial charge in [-0.1, -0.05) is 13.8 Å². The Kier molecular flexibility index (Phi) is 5.46. The van der Waals surface area contributed by atoms with Gasteiger partial charge in [0.05, 0.1) is 0 Å². The number of thiophene rings is 1. The zero-order valence-corrected chi connectivity index (χ0v) is 14.8. The number of nitrogens with one attached hydrogen (secondary N) is 1. The number of hydrogen-bond acceptors (Lipinski definition) is 4. The smallest absolute Gasteiger partial charge is 0.252 e. The first kappa shape index (κ1) is 16.9. The van der Waals surface area contributed by atoms with Crippen LogP contribution in [-0.2, 0) is 16.4 Å². The standard InChI is InChI=1S/C15H26N2O2S2/c1-4-15(5-2)9-11-17(12-15)21(18,19)14-7-6-13(20-14)8-10-16-3/h6-7,16H,4-5,8-12H2,1-3H3. The quantitative estimate of drug-likeness (QED) is 0.836. The highest BCUT2D eigenvalue weighted by Gasteiger charge is 2.40. The van der Waals surface area contributed by atoms with Crippen LogP contribution in [0.25, 0.3) is 0 Å². The minimum absolute atomic E-state index is 0.180. The summed E-state index contributed by atoms with van der Waals surface area (Å²) >= 11 is 1.41. The van der Waals surface area contributed by atoms with Crippen LogP contribution in [0.15, 0.2) is 16.3 Å². The summed E-state index contributed by atoms with van der Waals surface area (Å²) < 4.78 is 27.7. The molecular weight excluding hydrogens is 304 g/mol. The van der Waals surface area contributed by atoms with Crippen molar-refractivity contribution in [3.05, 3.63) is 17.0 Å². The van der Waals surface area contributed by atoms with Gasteiger partial charge in [-0.25, -0.2) is 8.42 Å². The lowest BCUT2D eigenvalue weighted by Gasteiger charge is -2.26. The summed E-state index contributed by atoms with van der Waals surface area (Å²) in [6.07, 6.45) is 3.96. The summed E-state index contributed by atoms with van der Waals surface area (Å²) in [6, 6.07) is 3.71. The van der Waals surface area contributed by atoms with Crippen LogP contribution < -0.4 is 5.32 Å². The van der Waals surface area contributed by atoms with Crippen LogP contribution >= 0.6 is 11.3 Å². The summed E-state index contributed by atoms with van der Waals surface area (Å²) in [5.74, 6) is 0. The molecular formula is C15H26N2O2S2. The third kappa shape index (κ3) is 3.50. The van der Waals surface area contributed by atoms with Crippen molar-refractivity contribution in [2.45, 2.75) is 43.7 Å². The van der Waals surface area contributed by atoms with E-state index in [2.05, 4.69) is 19.2 Å². The molecule has 1 aromatic heterocycles. The van der Waals surface area contributed by atoms with E-state index in [0.29, 0.717) is 17.3 Å². The van der Waals surface area contributed by atoms with Crippen molar-refractivity contribution in [3.63, 3.8) is 0 Å². The molecule has 0 aliphatic carbocycles. The molecule has 1 N–H and O–H groups in total. The molecule has 0 saturated carbocycles. The Hall–Kier alpha value is -0.430. The van der Waals surface area contributed by atoms with E-state index < -0.39 is 10.0 Å². The summed E-state index contributed by atoms with van der Waals surface area (Å²) in [7, 11) is -1.40. The molecule has 1 aromatic rings. The highest BCUT2D eigenvalue weighted by Crippen LogP contribution is 2.40. The second-order valence-corrected chi connectivity index (χ2v) is 9.20. The lowest BCUT2D eigenvalue weighted by atomic mass is 9.82. The van der Waals surface area contributed by atoms with Gasteiger partial charge in [-0.05, 0) is 56.8 Å². The highest BCUT2D eigenvalue weighted by molar-refractivity contribution is 7.91. The highest BCUT2D eigenvalue weighted by atomic mass is 32.2. The molecule has 2 rings (SSSR count). The molecule has 21 heavy (non-hydrogen) atoms. The van der Waals surface area contributed by atoms with Crippen molar-refractivity contribution in [2.24, 2.45) is 5.41 Å². The molecule has 1 fully saturated rings. The van der Waals surface area contributed by atoms with Gasteiger partial charge in [-0.15, -0.1) is 11.3 Å². The molecule has 0 unspecified atom stereocenters. The van der Waals surface area contributed by atoms with Gasteiger partial charge in [0.1, 0.15) is 4.21 Å². The van der Waals surface area contributed by atoms with Gasteiger partial charge in [-0.2, -0.15) is 4.31 Å². The van der Waals surface area contributed by atoms with Gasteiger partial charge in [0.25, 0.3) is 10.0 Å². The fraction of sp³-hybridized carbons (Fsp3) is 0.733. The maximum absolute atomic E-state index is 12.8. The van der Waals surface area contributed by atoms with Crippen molar-refractivity contribution in [1.82, 2.24) is 9.62 Å². The van der Waals surface area contributed by atoms with E-state index in [9.17, 15) is 8.42 Å². The van der Waals surface area contributed by atoms with Gasteiger partial charge in [-0.3, -0.25) is 0 Å². The average Bonchev–Trinajstić information content (AvgIpc) is 3.13. The number of hydrogen-bond donors (Lipinski definition) is 1. The molecule has 0 spiro atoms. The zero-order chi connectivity index (χ0) is 15.5.